The van der Waals surface area contributed by atoms with Crippen LogP contribution in [0.3, 0.4) is 0 Å². The molecule has 2 nitrogen and oxygen atoms in total. The quantitative estimate of drug-likeness (QED) is 0.329. The predicted octanol–water partition coefficient (Wildman–Crippen LogP) is 4.13. The van der Waals surface area contributed by atoms with E-state index in [0.717, 1.165) is 12.8 Å². The van der Waals surface area contributed by atoms with Crippen molar-refractivity contribution < 1.29 is 9.53 Å². The molecule has 0 atom stereocenters. The van der Waals surface area contributed by atoms with Crippen LogP contribution in [0.4, 0.5) is 0 Å². The Hall–Kier alpha value is -0.830. The summed E-state index contributed by atoms with van der Waals surface area (Å²) in [7, 11) is 1.36. The highest BCUT2D eigenvalue weighted by molar-refractivity contribution is 9.12. The van der Waals surface area contributed by atoms with E-state index in [1.165, 1.54) is 18.3 Å². The van der Waals surface area contributed by atoms with Gasteiger partial charge in [0.05, 0.1) is 7.11 Å². The highest BCUT2D eigenvalue weighted by atomic mass is 79.9. The lowest BCUT2D eigenvalue weighted by Gasteiger charge is -1.98. The molecule has 0 aromatic rings. The van der Waals surface area contributed by atoms with Gasteiger partial charge in [0.1, 0.15) is 4.48 Å². The fourth-order valence-electron chi connectivity index (χ4n) is 1.05. The summed E-state index contributed by atoms with van der Waals surface area (Å²) in [6, 6.07) is 0. The number of carbonyl (C=O) groups excluding carboxylic acids is 1. The van der Waals surface area contributed by atoms with E-state index in [2.05, 4.69) is 40.6 Å². The summed E-state index contributed by atoms with van der Waals surface area (Å²) in [5.41, 5.74) is 2.57. The second-order valence-electron chi connectivity index (χ2n) is 3.84. The topological polar surface area (TPSA) is 26.3 Å². The summed E-state index contributed by atoms with van der Waals surface area (Å²) >= 11 is 3.15. The third-order valence-corrected chi connectivity index (χ3v) is 2.57. The summed E-state index contributed by atoms with van der Waals surface area (Å²) in [6.07, 6.45) is 7.90. The summed E-state index contributed by atoms with van der Waals surface area (Å²) in [6.45, 7) is 6.23. The minimum atomic E-state index is -0.353. The molecule has 0 unspecified atom stereocenters. The van der Waals surface area contributed by atoms with Crippen molar-refractivity contribution in [2.45, 2.75) is 33.6 Å². The molecule has 0 aliphatic rings. The number of carbonyl (C=O) groups is 1. The van der Waals surface area contributed by atoms with Crippen LogP contribution >= 0.6 is 15.9 Å². The average Bonchev–Trinajstić information content (AvgIpc) is 2.24. The Balaban J connectivity index is 4.23. The molecular formula is C13H19BrO2. The van der Waals surface area contributed by atoms with Crippen LogP contribution in [-0.4, -0.2) is 13.1 Å². The number of allylic oxidation sites excluding steroid dienone is 5. The molecule has 0 aromatic carbocycles. The van der Waals surface area contributed by atoms with Gasteiger partial charge in [-0.05, 0) is 55.6 Å². The van der Waals surface area contributed by atoms with Gasteiger partial charge in [-0.15, -0.1) is 0 Å². The largest absolute Gasteiger partial charge is 0.465 e. The molecule has 0 bridgehead atoms. The monoisotopic (exact) mass is 286 g/mol. The fourth-order valence-corrected chi connectivity index (χ4v) is 1.35. The van der Waals surface area contributed by atoms with E-state index in [4.69, 9.17) is 0 Å². The van der Waals surface area contributed by atoms with Crippen molar-refractivity contribution in [2.24, 2.45) is 0 Å². The number of ether oxygens (including phenoxy) is 1. The number of hydrogen-bond donors (Lipinski definition) is 0. The molecular weight excluding hydrogens is 268 g/mol. The van der Waals surface area contributed by atoms with Crippen LogP contribution in [0.15, 0.2) is 33.9 Å². The van der Waals surface area contributed by atoms with Crippen LogP contribution in [0, 0.1) is 0 Å². The molecule has 0 heterocycles. The van der Waals surface area contributed by atoms with Gasteiger partial charge in [0, 0.05) is 0 Å². The highest BCUT2D eigenvalue weighted by Crippen LogP contribution is 2.11. The normalized spacial score (nSPS) is 12.3. The average molecular weight is 287 g/mol. The maximum atomic E-state index is 11.1. The Labute approximate surface area is 106 Å². The molecule has 90 valence electrons. The van der Waals surface area contributed by atoms with Crippen LogP contribution in [0.2, 0.25) is 0 Å². The minimum Gasteiger partial charge on any atom is -0.465 e. The molecule has 0 amide bonds. The van der Waals surface area contributed by atoms with Gasteiger partial charge in [-0.1, -0.05) is 23.3 Å². The SMILES string of the molecule is COC(=O)/C(Br)=C\C=C(/C)CCC=C(C)C. The lowest BCUT2D eigenvalue weighted by atomic mass is 10.1. The molecule has 0 N–H and O–H groups in total. The molecule has 0 spiro atoms. The Bertz CT molecular complexity index is 321. The fraction of sp³-hybridized carbons (Fsp3) is 0.462. The van der Waals surface area contributed by atoms with E-state index >= 15 is 0 Å². The van der Waals surface area contributed by atoms with E-state index in [9.17, 15) is 4.79 Å². The second kappa shape index (κ2) is 8.34. The lowest BCUT2D eigenvalue weighted by molar-refractivity contribution is -0.135. The third kappa shape index (κ3) is 7.46. The van der Waals surface area contributed by atoms with Gasteiger partial charge < -0.3 is 4.74 Å². The Kier molecular flexibility index (Phi) is 7.90. The van der Waals surface area contributed by atoms with Crippen molar-refractivity contribution in [2.75, 3.05) is 7.11 Å². The Morgan fingerprint density at radius 2 is 1.88 bits per heavy atom. The minimum absolute atomic E-state index is 0.353. The van der Waals surface area contributed by atoms with Crippen LogP contribution in [0.1, 0.15) is 33.6 Å². The molecule has 0 fully saturated rings. The van der Waals surface area contributed by atoms with Crippen LogP contribution in [0.5, 0.6) is 0 Å². The molecule has 0 radical (unpaired) electrons. The first kappa shape index (κ1) is 15.2. The van der Waals surface area contributed by atoms with E-state index in [1.807, 2.05) is 13.0 Å². The number of hydrogen-bond acceptors (Lipinski definition) is 2. The molecule has 16 heavy (non-hydrogen) atoms. The van der Waals surface area contributed by atoms with Crippen LogP contribution in [-0.2, 0) is 9.53 Å². The molecule has 0 rings (SSSR count). The highest BCUT2D eigenvalue weighted by Gasteiger charge is 2.02. The van der Waals surface area contributed by atoms with Crippen molar-refractivity contribution in [3.8, 4) is 0 Å². The molecule has 0 aliphatic carbocycles. The maximum absolute atomic E-state index is 11.1. The van der Waals surface area contributed by atoms with Gasteiger partial charge in [-0.3, -0.25) is 0 Å². The van der Waals surface area contributed by atoms with Crippen molar-refractivity contribution in [3.63, 3.8) is 0 Å². The van der Waals surface area contributed by atoms with Gasteiger partial charge in [-0.2, -0.15) is 0 Å². The zero-order chi connectivity index (χ0) is 12.6. The van der Waals surface area contributed by atoms with Gasteiger partial charge in [0.25, 0.3) is 0 Å². The smallest absolute Gasteiger partial charge is 0.344 e. The van der Waals surface area contributed by atoms with Crippen molar-refractivity contribution in [3.05, 3.63) is 33.9 Å². The zero-order valence-electron chi connectivity index (χ0n) is 10.3. The van der Waals surface area contributed by atoms with E-state index in [0.29, 0.717) is 4.48 Å². The first-order chi connectivity index (χ1) is 7.47. The Morgan fingerprint density at radius 3 is 2.38 bits per heavy atom. The lowest BCUT2D eigenvalue weighted by Crippen LogP contribution is -1.98. The zero-order valence-corrected chi connectivity index (χ0v) is 11.9. The van der Waals surface area contributed by atoms with Gasteiger partial charge >= 0.3 is 5.97 Å². The van der Waals surface area contributed by atoms with Crippen molar-refractivity contribution in [1.29, 1.82) is 0 Å². The number of esters is 1. The predicted molar refractivity (Wildman–Crippen MR) is 71.4 cm³/mol. The van der Waals surface area contributed by atoms with E-state index < -0.39 is 0 Å². The first-order valence-electron chi connectivity index (χ1n) is 5.22. The van der Waals surface area contributed by atoms with Crippen molar-refractivity contribution >= 4 is 21.9 Å². The second-order valence-corrected chi connectivity index (χ2v) is 4.69. The van der Waals surface area contributed by atoms with Crippen LogP contribution in [0.25, 0.3) is 0 Å². The summed E-state index contributed by atoms with van der Waals surface area (Å²) in [4.78, 5) is 11.1. The third-order valence-electron chi connectivity index (χ3n) is 1.99. The Morgan fingerprint density at radius 1 is 1.25 bits per heavy atom. The molecule has 0 aromatic heterocycles. The summed E-state index contributed by atoms with van der Waals surface area (Å²) in [5.74, 6) is -0.353. The van der Waals surface area contributed by atoms with E-state index in [-0.39, 0.29) is 5.97 Å². The summed E-state index contributed by atoms with van der Waals surface area (Å²) < 4.78 is 5.01. The molecule has 0 saturated heterocycles. The molecule has 3 heteroatoms. The molecule has 0 aliphatic heterocycles. The van der Waals surface area contributed by atoms with Gasteiger partial charge in [-0.25, -0.2) is 4.79 Å². The number of rotatable bonds is 5. The number of methoxy groups -OCH3 is 1. The van der Waals surface area contributed by atoms with Crippen LogP contribution < -0.4 is 0 Å². The van der Waals surface area contributed by atoms with E-state index in [1.54, 1.807) is 6.08 Å². The number of halogens is 1. The molecule has 0 saturated carbocycles. The van der Waals surface area contributed by atoms with Gasteiger partial charge in [0.15, 0.2) is 0 Å². The van der Waals surface area contributed by atoms with Gasteiger partial charge in [0.2, 0.25) is 0 Å². The first-order valence-corrected chi connectivity index (χ1v) is 6.01. The maximum Gasteiger partial charge on any atom is 0.344 e. The standard InChI is InChI=1S/C13H19BrO2/c1-10(2)6-5-7-11(3)8-9-12(14)13(15)16-4/h6,8-9H,5,7H2,1-4H3/b11-8+,12-9+. The van der Waals surface area contributed by atoms with Crippen molar-refractivity contribution in [1.82, 2.24) is 0 Å². The summed E-state index contributed by atoms with van der Waals surface area (Å²) in [5, 5.41) is 0.